The fraction of sp³-hybridized carbons (Fsp3) is 0.636. The van der Waals surface area contributed by atoms with Crippen molar-refractivity contribution in [2.45, 2.75) is 13.0 Å². The Bertz CT molecular complexity index is 368. The summed E-state index contributed by atoms with van der Waals surface area (Å²) in [6.45, 7) is 6.70. The summed E-state index contributed by atoms with van der Waals surface area (Å²) in [7, 11) is 0. The highest BCUT2D eigenvalue weighted by molar-refractivity contribution is 5.41. The van der Waals surface area contributed by atoms with Crippen LogP contribution in [0.4, 0.5) is 11.6 Å². The maximum Gasteiger partial charge on any atom is 0.160 e. The molecule has 18 heavy (non-hydrogen) atoms. The lowest BCUT2D eigenvalue weighted by molar-refractivity contribution is 0.0368. The van der Waals surface area contributed by atoms with Crippen molar-refractivity contribution in [1.82, 2.24) is 14.9 Å². The molecule has 1 unspecified atom stereocenters. The molecule has 0 saturated carbocycles. The van der Waals surface area contributed by atoms with Gasteiger partial charge in [-0.2, -0.15) is 0 Å². The summed E-state index contributed by atoms with van der Waals surface area (Å²) in [4.78, 5) is 10.7. The molecule has 100 valence electrons. The van der Waals surface area contributed by atoms with Gasteiger partial charge in [-0.15, -0.1) is 0 Å². The van der Waals surface area contributed by atoms with E-state index in [0.717, 1.165) is 38.7 Å². The van der Waals surface area contributed by atoms with Gasteiger partial charge >= 0.3 is 0 Å². The standard InChI is InChI=1S/C11H20N6O/c1-9(8-17-2-4-18-5-3-17)14-10-6-13-7-11(15-10)16-12/h6-7,9H,2-5,8,12H2,1H3,(H2,14,15,16). The number of hydrogen-bond acceptors (Lipinski definition) is 7. The molecule has 1 fully saturated rings. The predicted octanol–water partition coefficient (Wildman–Crippen LogP) is -0.105. The van der Waals surface area contributed by atoms with Gasteiger partial charge in [0.1, 0.15) is 5.82 Å². The number of rotatable bonds is 5. The number of nitrogens with one attached hydrogen (secondary N) is 2. The Morgan fingerprint density at radius 2 is 2.11 bits per heavy atom. The maximum absolute atomic E-state index is 5.32. The van der Waals surface area contributed by atoms with Gasteiger partial charge in [0, 0.05) is 25.7 Å². The van der Waals surface area contributed by atoms with Crippen LogP contribution in [0, 0.1) is 0 Å². The highest BCUT2D eigenvalue weighted by Crippen LogP contribution is 2.08. The number of morpholine rings is 1. The van der Waals surface area contributed by atoms with Crippen LogP contribution in [0.1, 0.15) is 6.92 Å². The topological polar surface area (TPSA) is 88.3 Å². The molecule has 1 aliphatic rings. The molecule has 0 radical (unpaired) electrons. The minimum Gasteiger partial charge on any atom is -0.379 e. The zero-order valence-electron chi connectivity index (χ0n) is 10.6. The molecule has 1 atom stereocenters. The van der Waals surface area contributed by atoms with Crippen molar-refractivity contribution in [3.63, 3.8) is 0 Å². The number of hydrogen-bond donors (Lipinski definition) is 3. The summed E-state index contributed by atoms with van der Waals surface area (Å²) in [6.07, 6.45) is 3.27. The van der Waals surface area contributed by atoms with E-state index >= 15 is 0 Å². The number of aromatic nitrogens is 2. The van der Waals surface area contributed by atoms with Crippen molar-refractivity contribution in [1.29, 1.82) is 0 Å². The zero-order chi connectivity index (χ0) is 12.8. The van der Waals surface area contributed by atoms with E-state index in [2.05, 4.69) is 32.5 Å². The number of hydrazine groups is 1. The van der Waals surface area contributed by atoms with Crippen molar-refractivity contribution in [3.8, 4) is 0 Å². The SMILES string of the molecule is CC(CN1CCOCC1)Nc1cncc(NN)n1. The van der Waals surface area contributed by atoms with Crippen LogP contribution in [0.2, 0.25) is 0 Å². The van der Waals surface area contributed by atoms with E-state index in [9.17, 15) is 0 Å². The van der Waals surface area contributed by atoms with Gasteiger partial charge in [0.15, 0.2) is 5.82 Å². The molecule has 0 spiro atoms. The van der Waals surface area contributed by atoms with Crippen molar-refractivity contribution < 1.29 is 4.74 Å². The lowest BCUT2D eigenvalue weighted by Gasteiger charge is -2.29. The molecule has 0 aliphatic carbocycles. The third kappa shape index (κ3) is 3.80. The summed E-state index contributed by atoms with van der Waals surface area (Å²) >= 11 is 0. The third-order valence-electron chi connectivity index (χ3n) is 2.81. The number of nitrogens with two attached hydrogens (primary N) is 1. The lowest BCUT2D eigenvalue weighted by Crippen LogP contribution is -2.42. The highest BCUT2D eigenvalue weighted by Gasteiger charge is 2.13. The largest absolute Gasteiger partial charge is 0.379 e. The van der Waals surface area contributed by atoms with Crippen LogP contribution in [0.25, 0.3) is 0 Å². The molecule has 1 aliphatic heterocycles. The number of nitrogen functional groups attached to an aromatic ring is 1. The molecule has 1 aromatic heterocycles. The molecule has 7 nitrogen and oxygen atoms in total. The first kappa shape index (κ1) is 13.0. The van der Waals surface area contributed by atoms with E-state index in [1.54, 1.807) is 12.4 Å². The van der Waals surface area contributed by atoms with Crippen LogP contribution in [0.3, 0.4) is 0 Å². The Kier molecular flexibility index (Phi) is 4.68. The zero-order valence-corrected chi connectivity index (χ0v) is 10.6. The van der Waals surface area contributed by atoms with E-state index in [1.165, 1.54) is 0 Å². The summed E-state index contributed by atoms with van der Waals surface area (Å²) in [5.74, 6) is 6.58. The average molecular weight is 252 g/mol. The van der Waals surface area contributed by atoms with E-state index < -0.39 is 0 Å². The molecular weight excluding hydrogens is 232 g/mol. The molecule has 0 aromatic carbocycles. The number of ether oxygens (including phenoxy) is 1. The minimum absolute atomic E-state index is 0.297. The van der Waals surface area contributed by atoms with Crippen LogP contribution < -0.4 is 16.6 Å². The maximum atomic E-state index is 5.32. The van der Waals surface area contributed by atoms with Gasteiger partial charge in [-0.1, -0.05) is 0 Å². The summed E-state index contributed by atoms with van der Waals surface area (Å²) < 4.78 is 5.32. The van der Waals surface area contributed by atoms with Gasteiger partial charge in [0.05, 0.1) is 25.6 Å². The summed E-state index contributed by atoms with van der Waals surface area (Å²) in [5.41, 5.74) is 2.48. The van der Waals surface area contributed by atoms with E-state index in [-0.39, 0.29) is 0 Å². The summed E-state index contributed by atoms with van der Waals surface area (Å²) in [5, 5.41) is 3.31. The monoisotopic (exact) mass is 252 g/mol. The molecule has 1 saturated heterocycles. The predicted molar refractivity (Wildman–Crippen MR) is 70.2 cm³/mol. The highest BCUT2D eigenvalue weighted by atomic mass is 16.5. The first-order valence-electron chi connectivity index (χ1n) is 6.13. The van der Waals surface area contributed by atoms with E-state index in [4.69, 9.17) is 10.6 Å². The van der Waals surface area contributed by atoms with Gasteiger partial charge < -0.3 is 15.5 Å². The van der Waals surface area contributed by atoms with E-state index in [0.29, 0.717) is 11.9 Å². The second kappa shape index (κ2) is 6.48. The van der Waals surface area contributed by atoms with Gasteiger partial charge in [0.25, 0.3) is 0 Å². The minimum atomic E-state index is 0.297. The van der Waals surface area contributed by atoms with Gasteiger partial charge in [-0.05, 0) is 6.92 Å². The molecule has 4 N–H and O–H groups in total. The van der Waals surface area contributed by atoms with Gasteiger partial charge in [0.2, 0.25) is 0 Å². The van der Waals surface area contributed by atoms with Crippen LogP contribution in [-0.4, -0.2) is 53.8 Å². The summed E-state index contributed by atoms with van der Waals surface area (Å²) in [6, 6.07) is 0.297. The quantitative estimate of drug-likeness (QED) is 0.498. The average Bonchev–Trinajstić information content (AvgIpc) is 2.40. The second-order valence-electron chi connectivity index (χ2n) is 4.39. The van der Waals surface area contributed by atoms with Crippen LogP contribution in [0.15, 0.2) is 12.4 Å². The van der Waals surface area contributed by atoms with Crippen LogP contribution in [-0.2, 0) is 4.74 Å². The number of nitrogens with zero attached hydrogens (tertiary/aromatic N) is 3. The van der Waals surface area contributed by atoms with Crippen LogP contribution in [0.5, 0.6) is 0 Å². The Labute approximate surface area is 107 Å². The van der Waals surface area contributed by atoms with Crippen molar-refractivity contribution in [3.05, 3.63) is 12.4 Å². The van der Waals surface area contributed by atoms with Gasteiger partial charge in [-0.25, -0.2) is 10.8 Å². The molecule has 0 bridgehead atoms. The molecule has 1 aromatic rings. The Hall–Kier alpha value is -1.44. The Morgan fingerprint density at radius 3 is 2.83 bits per heavy atom. The molecule has 2 rings (SSSR count). The Morgan fingerprint density at radius 1 is 1.39 bits per heavy atom. The van der Waals surface area contributed by atoms with Crippen LogP contribution >= 0.6 is 0 Å². The second-order valence-corrected chi connectivity index (χ2v) is 4.39. The van der Waals surface area contributed by atoms with Crippen molar-refractivity contribution >= 4 is 11.6 Å². The molecule has 2 heterocycles. The third-order valence-corrected chi connectivity index (χ3v) is 2.81. The molecular formula is C11H20N6O. The fourth-order valence-corrected chi connectivity index (χ4v) is 1.97. The first-order chi connectivity index (χ1) is 8.78. The first-order valence-corrected chi connectivity index (χ1v) is 6.13. The van der Waals surface area contributed by atoms with E-state index in [1.807, 2.05) is 0 Å². The van der Waals surface area contributed by atoms with Crippen molar-refractivity contribution in [2.75, 3.05) is 43.6 Å². The normalized spacial score (nSPS) is 18.3. The fourth-order valence-electron chi connectivity index (χ4n) is 1.97. The van der Waals surface area contributed by atoms with Crippen molar-refractivity contribution in [2.24, 2.45) is 5.84 Å². The molecule has 0 amide bonds. The smallest absolute Gasteiger partial charge is 0.160 e. The van der Waals surface area contributed by atoms with Gasteiger partial charge in [-0.3, -0.25) is 9.88 Å². The Balaban J connectivity index is 1.83. The number of anilines is 2. The molecule has 7 heteroatoms. The lowest BCUT2D eigenvalue weighted by atomic mass is 10.3.